The van der Waals surface area contributed by atoms with Crippen molar-refractivity contribution in [1.29, 1.82) is 0 Å². The highest BCUT2D eigenvalue weighted by Crippen LogP contribution is 2.13. The second kappa shape index (κ2) is 6.92. The second-order valence-electron chi connectivity index (χ2n) is 5.10. The molecule has 0 aliphatic carbocycles. The Bertz CT molecular complexity index is 159. The molecule has 0 aliphatic heterocycles. The summed E-state index contributed by atoms with van der Waals surface area (Å²) in [6.07, 6.45) is 3.66. The summed E-state index contributed by atoms with van der Waals surface area (Å²) in [5, 5.41) is 0. The van der Waals surface area contributed by atoms with Gasteiger partial charge in [0.25, 0.3) is 0 Å². The molecule has 0 rings (SSSR count). The predicted octanol–water partition coefficient (Wildman–Crippen LogP) is 3.91. The van der Waals surface area contributed by atoms with Crippen LogP contribution in [-0.2, 0) is 0 Å². The summed E-state index contributed by atoms with van der Waals surface area (Å²) in [5.74, 6) is 1.57. The first kappa shape index (κ1) is 13.5. The third-order valence-corrected chi connectivity index (χ3v) is 2.59. The fourth-order valence-corrected chi connectivity index (χ4v) is 1.26. The molecule has 0 unspecified atom stereocenters. The SMILES string of the molecule is C=C(CCC(C)C)N(C)CCC(C)C. The summed E-state index contributed by atoms with van der Waals surface area (Å²) >= 11 is 0. The first-order valence-corrected chi connectivity index (χ1v) is 5.82. The van der Waals surface area contributed by atoms with Crippen LogP contribution in [0, 0.1) is 11.8 Å². The fourth-order valence-electron chi connectivity index (χ4n) is 1.26. The van der Waals surface area contributed by atoms with E-state index < -0.39 is 0 Å². The molecule has 0 aliphatic rings. The molecule has 0 heterocycles. The van der Waals surface area contributed by atoms with Crippen LogP contribution in [0.3, 0.4) is 0 Å². The smallest absolute Gasteiger partial charge is 0.0174 e. The van der Waals surface area contributed by atoms with Gasteiger partial charge in [-0.3, -0.25) is 0 Å². The molecule has 1 heteroatoms. The molecule has 0 aromatic heterocycles. The Hall–Kier alpha value is -0.460. The zero-order valence-corrected chi connectivity index (χ0v) is 10.6. The van der Waals surface area contributed by atoms with Gasteiger partial charge in [-0.25, -0.2) is 0 Å². The monoisotopic (exact) mass is 197 g/mol. The number of hydrogen-bond acceptors (Lipinski definition) is 1. The summed E-state index contributed by atoms with van der Waals surface area (Å²) in [5.41, 5.74) is 1.29. The van der Waals surface area contributed by atoms with Gasteiger partial charge in [0.05, 0.1) is 0 Å². The van der Waals surface area contributed by atoms with Crippen molar-refractivity contribution >= 4 is 0 Å². The highest BCUT2D eigenvalue weighted by Gasteiger charge is 2.04. The van der Waals surface area contributed by atoms with E-state index in [0.717, 1.165) is 24.8 Å². The van der Waals surface area contributed by atoms with Gasteiger partial charge < -0.3 is 4.90 Å². The maximum atomic E-state index is 4.13. The molecule has 0 radical (unpaired) electrons. The molecular weight excluding hydrogens is 170 g/mol. The Morgan fingerprint density at radius 1 is 1.07 bits per heavy atom. The van der Waals surface area contributed by atoms with Crippen molar-refractivity contribution in [2.75, 3.05) is 13.6 Å². The zero-order chi connectivity index (χ0) is 11.1. The molecule has 84 valence electrons. The minimum Gasteiger partial charge on any atom is -0.378 e. The summed E-state index contributed by atoms with van der Waals surface area (Å²) in [6.45, 7) is 14.3. The van der Waals surface area contributed by atoms with E-state index in [2.05, 4.69) is 46.2 Å². The highest BCUT2D eigenvalue weighted by molar-refractivity contribution is 4.92. The number of rotatable bonds is 7. The molecule has 14 heavy (non-hydrogen) atoms. The Morgan fingerprint density at radius 2 is 1.57 bits per heavy atom. The Kier molecular flexibility index (Phi) is 6.69. The van der Waals surface area contributed by atoms with Crippen molar-refractivity contribution in [2.45, 2.75) is 47.0 Å². The first-order chi connectivity index (χ1) is 6.43. The Labute approximate surface area is 90.2 Å². The summed E-state index contributed by atoms with van der Waals surface area (Å²) in [4.78, 5) is 2.31. The van der Waals surface area contributed by atoms with Crippen LogP contribution >= 0.6 is 0 Å². The van der Waals surface area contributed by atoms with Crippen LogP contribution in [0.4, 0.5) is 0 Å². The van der Waals surface area contributed by atoms with E-state index in [4.69, 9.17) is 0 Å². The van der Waals surface area contributed by atoms with E-state index in [0.29, 0.717) is 0 Å². The average molecular weight is 197 g/mol. The summed E-state index contributed by atoms with van der Waals surface area (Å²) in [6, 6.07) is 0. The maximum Gasteiger partial charge on any atom is 0.0174 e. The third-order valence-electron chi connectivity index (χ3n) is 2.59. The van der Waals surface area contributed by atoms with Crippen molar-refractivity contribution < 1.29 is 0 Å². The second-order valence-corrected chi connectivity index (χ2v) is 5.10. The van der Waals surface area contributed by atoms with Gasteiger partial charge in [-0.05, 0) is 31.1 Å². The molecule has 1 nitrogen and oxygen atoms in total. The van der Waals surface area contributed by atoms with Gasteiger partial charge in [0.1, 0.15) is 0 Å². The Balaban J connectivity index is 3.65. The van der Waals surface area contributed by atoms with Crippen LogP contribution in [0.2, 0.25) is 0 Å². The highest BCUT2D eigenvalue weighted by atomic mass is 15.1. The van der Waals surface area contributed by atoms with Gasteiger partial charge >= 0.3 is 0 Å². The van der Waals surface area contributed by atoms with Crippen LogP contribution in [0.25, 0.3) is 0 Å². The van der Waals surface area contributed by atoms with Crippen molar-refractivity contribution in [3.8, 4) is 0 Å². The van der Waals surface area contributed by atoms with Crippen LogP contribution in [0.1, 0.15) is 47.0 Å². The molecule has 0 aromatic rings. The van der Waals surface area contributed by atoms with Crippen LogP contribution in [0.15, 0.2) is 12.3 Å². The molecule has 0 fully saturated rings. The topological polar surface area (TPSA) is 3.24 Å². The third kappa shape index (κ3) is 6.99. The normalized spacial score (nSPS) is 11.1. The molecule has 0 saturated carbocycles. The largest absolute Gasteiger partial charge is 0.378 e. The van der Waals surface area contributed by atoms with Crippen LogP contribution in [0.5, 0.6) is 0 Å². The fraction of sp³-hybridized carbons (Fsp3) is 0.846. The van der Waals surface area contributed by atoms with Crippen molar-refractivity contribution in [3.63, 3.8) is 0 Å². The average Bonchev–Trinajstić information content (AvgIpc) is 2.09. The summed E-state index contributed by atoms with van der Waals surface area (Å²) in [7, 11) is 2.16. The van der Waals surface area contributed by atoms with E-state index >= 15 is 0 Å². The quantitative estimate of drug-likeness (QED) is 0.598. The van der Waals surface area contributed by atoms with Gasteiger partial charge in [-0.2, -0.15) is 0 Å². The van der Waals surface area contributed by atoms with Gasteiger partial charge in [-0.15, -0.1) is 0 Å². The molecule has 0 bridgehead atoms. The minimum atomic E-state index is 0.783. The van der Waals surface area contributed by atoms with E-state index in [1.54, 1.807) is 0 Å². The lowest BCUT2D eigenvalue weighted by molar-refractivity contribution is 0.359. The van der Waals surface area contributed by atoms with Crippen LogP contribution in [-0.4, -0.2) is 18.5 Å². The number of allylic oxidation sites excluding steroid dienone is 1. The van der Waals surface area contributed by atoms with E-state index in [9.17, 15) is 0 Å². The van der Waals surface area contributed by atoms with Crippen molar-refractivity contribution in [3.05, 3.63) is 12.3 Å². The standard InChI is InChI=1S/C13H27N/c1-11(2)7-8-13(5)14(6)10-9-12(3)4/h11-12H,5,7-10H2,1-4,6H3. The lowest BCUT2D eigenvalue weighted by Gasteiger charge is -2.23. The Morgan fingerprint density at radius 3 is 2.00 bits per heavy atom. The molecule has 0 amide bonds. The van der Waals surface area contributed by atoms with Crippen LogP contribution < -0.4 is 0 Å². The predicted molar refractivity (Wildman–Crippen MR) is 65.3 cm³/mol. The van der Waals surface area contributed by atoms with Gasteiger partial charge in [0, 0.05) is 19.3 Å². The van der Waals surface area contributed by atoms with Gasteiger partial charge in [0.2, 0.25) is 0 Å². The maximum absolute atomic E-state index is 4.13. The van der Waals surface area contributed by atoms with E-state index in [1.807, 2.05) is 0 Å². The zero-order valence-electron chi connectivity index (χ0n) is 10.6. The lowest BCUT2D eigenvalue weighted by Crippen LogP contribution is -2.19. The summed E-state index contributed by atoms with van der Waals surface area (Å²) < 4.78 is 0. The molecule has 0 atom stereocenters. The molecule has 0 N–H and O–H groups in total. The number of hydrogen-bond donors (Lipinski definition) is 0. The molecule has 0 aromatic carbocycles. The van der Waals surface area contributed by atoms with Crippen molar-refractivity contribution in [1.82, 2.24) is 4.90 Å². The van der Waals surface area contributed by atoms with Crippen molar-refractivity contribution in [2.24, 2.45) is 11.8 Å². The lowest BCUT2D eigenvalue weighted by atomic mass is 10.1. The minimum absolute atomic E-state index is 0.783. The molecular formula is C13H27N. The first-order valence-electron chi connectivity index (χ1n) is 5.82. The molecule has 0 saturated heterocycles. The van der Waals surface area contributed by atoms with E-state index in [-0.39, 0.29) is 0 Å². The van der Waals surface area contributed by atoms with Gasteiger partial charge in [-0.1, -0.05) is 34.3 Å². The van der Waals surface area contributed by atoms with Gasteiger partial charge in [0.15, 0.2) is 0 Å². The molecule has 0 spiro atoms. The van der Waals surface area contributed by atoms with E-state index in [1.165, 1.54) is 18.5 Å². The number of nitrogens with zero attached hydrogens (tertiary/aromatic N) is 1.